The smallest absolute Gasteiger partial charge is 0.406 e. The highest BCUT2D eigenvalue weighted by Crippen LogP contribution is 2.25. The lowest BCUT2D eigenvalue weighted by Crippen LogP contribution is -2.17. The van der Waals surface area contributed by atoms with Crippen molar-refractivity contribution in [1.29, 1.82) is 0 Å². The van der Waals surface area contributed by atoms with Crippen molar-refractivity contribution in [3.8, 4) is 5.75 Å². The number of aryl methyl sites for hydroxylation is 1. The van der Waals surface area contributed by atoms with Gasteiger partial charge in [0.1, 0.15) is 5.75 Å². The molecular formula is C10H8BrF3N4O. The summed E-state index contributed by atoms with van der Waals surface area (Å²) < 4.78 is 41.6. The molecule has 1 N–H and O–H groups in total. The maximum Gasteiger partial charge on any atom is 0.573 e. The highest BCUT2D eigenvalue weighted by Gasteiger charge is 2.30. The molecule has 102 valence electrons. The van der Waals surface area contributed by atoms with Gasteiger partial charge in [-0.05, 0) is 40.2 Å². The van der Waals surface area contributed by atoms with E-state index in [4.69, 9.17) is 0 Å². The topological polar surface area (TPSA) is 52.0 Å². The second-order valence-corrected chi connectivity index (χ2v) is 4.23. The van der Waals surface area contributed by atoms with E-state index >= 15 is 0 Å². The molecule has 0 aliphatic carbocycles. The predicted octanol–water partition coefficient (Wildman–Crippen LogP) is 3.22. The van der Waals surface area contributed by atoms with Crippen molar-refractivity contribution in [2.75, 3.05) is 5.32 Å². The molecule has 1 aromatic heterocycles. The van der Waals surface area contributed by atoms with Crippen LogP contribution in [0.4, 0.5) is 24.8 Å². The van der Waals surface area contributed by atoms with E-state index in [2.05, 4.69) is 36.1 Å². The zero-order valence-electron chi connectivity index (χ0n) is 9.57. The molecule has 0 fully saturated rings. The number of benzene rings is 1. The van der Waals surface area contributed by atoms with Gasteiger partial charge in [-0.25, -0.2) is 4.68 Å². The minimum atomic E-state index is -4.69. The lowest BCUT2D eigenvalue weighted by Gasteiger charge is -2.09. The van der Waals surface area contributed by atoms with Gasteiger partial charge in [0.2, 0.25) is 10.7 Å². The summed E-state index contributed by atoms with van der Waals surface area (Å²) in [7, 11) is 1.68. The number of halogens is 4. The number of nitrogens with one attached hydrogen (secondary N) is 1. The number of alkyl halides is 3. The van der Waals surface area contributed by atoms with Crippen molar-refractivity contribution in [3.63, 3.8) is 0 Å². The van der Waals surface area contributed by atoms with E-state index < -0.39 is 6.36 Å². The second kappa shape index (κ2) is 5.08. The lowest BCUT2D eigenvalue weighted by atomic mass is 10.3. The Hall–Kier alpha value is -1.77. The van der Waals surface area contributed by atoms with Crippen molar-refractivity contribution in [3.05, 3.63) is 29.0 Å². The minimum absolute atomic E-state index is 0.280. The van der Waals surface area contributed by atoms with Crippen LogP contribution < -0.4 is 10.1 Å². The van der Waals surface area contributed by atoms with Gasteiger partial charge < -0.3 is 10.1 Å². The minimum Gasteiger partial charge on any atom is -0.406 e. The zero-order valence-corrected chi connectivity index (χ0v) is 11.2. The summed E-state index contributed by atoms with van der Waals surface area (Å²) in [6.45, 7) is 0. The molecule has 0 aliphatic heterocycles. The first-order valence-corrected chi connectivity index (χ1v) is 5.82. The fourth-order valence-electron chi connectivity index (χ4n) is 1.33. The van der Waals surface area contributed by atoms with Crippen LogP contribution >= 0.6 is 15.9 Å². The van der Waals surface area contributed by atoms with Crippen LogP contribution in [-0.2, 0) is 7.05 Å². The molecular weight excluding hydrogens is 329 g/mol. The molecule has 2 aromatic rings. The Bertz CT molecular complexity index is 567. The monoisotopic (exact) mass is 336 g/mol. The number of hydrogen-bond acceptors (Lipinski definition) is 4. The number of rotatable bonds is 3. The van der Waals surface area contributed by atoms with E-state index in [0.29, 0.717) is 16.4 Å². The molecule has 0 saturated carbocycles. The van der Waals surface area contributed by atoms with Crippen LogP contribution in [0.3, 0.4) is 0 Å². The van der Waals surface area contributed by atoms with Gasteiger partial charge in [-0.2, -0.15) is 4.98 Å². The Labute approximate surface area is 114 Å². The summed E-state index contributed by atoms with van der Waals surface area (Å²) in [4.78, 5) is 4.03. The van der Waals surface area contributed by atoms with Crippen LogP contribution in [0.2, 0.25) is 0 Å². The Morgan fingerprint density at radius 3 is 2.37 bits per heavy atom. The number of hydrogen-bond donors (Lipinski definition) is 1. The molecule has 5 nitrogen and oxygen atoms in total. The maximum atomic E-state index is 12.0. The van der Waals surface area contributed by atoms with Crippen molar-refractivity contribution >= 4 is 27.6 Å². The van der Waals surface area contributed by atoms with Gasteiger partial charge in [0.05, 0.1) is 0 Å². The van der Waals surface area contributed by atoms with E-state index in [1.54, 1.807) is 7.05 Å². The van der Waals surface area contributed by atoms with E-state index in [9.17, 15) is 13.2 Å². The van der Waals surface area contributed by atoms with Gasteiger partial charge in [-0.15, -0.1) is 18.3 Å². The molecule has 0 radical (unpaired) electrons. The van der Waals surface area contributed by atoms with E-state index in [-0.39, 0.29) is 5.75 Å². The molecule has 0 spiro atoms. The third-order valence-corrected chi connectivity index (χ3v) is 2.42. The zero-order chi connectivity index (χ0) is 14.0. The summed E-state index contributed by atoms with van der Waals surface area (Å²) in [6, 6.07) is 5.32. The van der Waals surface area contributed by atoms with Crippen LogP contribution in [0.5, 0.6) is 5.75 Å². The molecule has 19 heavy (non-hydrogen) atoms. The molecule has 0 unspecified atom stereocenters. The molecule has 1 aromatic carbocycles. The van der Waals surface area contributed by atoms with Crippen LogP contribution in [0.15, 0.2) is 29.0 Å². The normalized spacial score (nSPS) is 11.4. The number of nitrogens with zero attached hydrogens (tertiary/aromatic N) is 3. The van der Waals surface area contributed by atoms with Gasteiger partial charge >= 0.3 is 6.36 Å². The average molecular weight is 337 g/mol. The molecule has 0 amide bonds. The number of anilines is 2. The SMILES string of the molecule is Cn1nc(Br)nc1Nc1ccc(OC(F)(F)F)cc1. The van der Waals surface area contributed by atoms with E-state index in [1.165, 1.54) is 28.9 Å². The third kappa shape index (κ3) is 3.85. The summed E-state index contributed by atoms with van der Waals surface area (Å²) in [6.07, 6.45) is -4.69. The van der Waals surface area contributed by atoms with Crippen molar-refractivity contribution in [2.24, 2.45) is 7.05 Å². The Morgan fingerprint density at radius 2 is 1.89 bits per heavy atom. The third-order valence-electron chi connectivity index (χ3n) is 2.08. The fraction of sp³-hybridized carbons (Fsp3) is 0.200. The average Bonchev–Trinajstić information content (AvgIpc) is 2.58. The van der Waals surface area contributed by atoms with Gasteiger partial charge in [0.15, 0.2) is 0 Å². The molecule has 0 aliphatic rings. The number of ether oxygens (including phenoxy) is 1. The summed E-state index contributed by atoms with van der Waals surface area (Å²) in [5.41, 5.74) is 0.567. The van der Waals surface area contributed by atoms with Gasteiger partial charge in [0.25, 0.3) is 0 Å². The van der Waals surface area contributed by atoms with Crippen LogP contribution in [-0.4, -0.2) is 21.1 Å². The first-order valence-electron chi connectivity index (χ1n) is 5.03. The van der Waals surface area contributed by atoms with Gasteiger partial charge in [0, 0.05) is 12.7 Å². The van der Waals surface area contributed by atoms with Crippen LogP contribution in [0.25, 0.3) is 0 Å². The molecule has 0 bridgehead atoms. The summed E-state index contributed by atoms with van der Waals surface area (Å²) in [5, 5.41) is 6.87. The van der Waals surface area contributed by atoms with Crippen LogP contribution in [0, 0.1) is 0 Å². The summed E-state index contributed by atoms with van der Waals surface area (Å²) in [5.74, 6) is 0.175. The quantitative estimate of drug-likeness (QED) is 0.934. The Balaban J connectivity index is 2.09. The van der Waals surface area contributed by atoms with Crippen molar-refractivity contribution in [2.45, 2.75) is 6.36 Å². The van der Waals surface area contributed by atoms with Crippen molar-refractivity contribution in [1.82, 2.24) is 14.8 Å². The van der Waals surface area contributed by atoms with Crippen molar-refractivity contribution < 1.29 is 17.9 Å². The molecule has 1 heterocycles. The molecule has 0 saturated heterocycles. The maximum absolute atomic E-state index is 12.0. The second-order valence-electron chi connectivity index (χ2n) is 3.53. The Morgan fingerprint density at radius 1 is 1.26 bits per heavy atom. The summed E-state index contributed by atoms with van der Waals surface area (Å²) >= 11 is 3.11. The molecule has 0 atom stereocenters. The van der Waals surface area contributed by atoms with Crippen LogP contribution in [0.1, 0.15) is 0 Å². The fourth-order valence-corrected chi connectivity index (χ4v) is 1.74. The van der Waals surface area contributed by atoms with Gasteiger partial charge in [-0.3, -0.25) is 0 Å². The molecule has 9 heteroatoms. The highest BCUT2D eigenvalue weighted by atomic mass is 79.9. The first kappa shape index (κ1) is 13.7. The lowest BCUT2D eigenvalue weighted by molar-refractivity contribution is -0.274. The van der Waals surface area contributed by atoms with Gasteiger partial charge in [-0.1, -0.05) is 0 Å². The standard InChI is InChI=1S/C10H8BrF3N4O/c1-18-9(16-8(11)17-18)15-6-2-4-7(5-3-6)19-10(12,13)14/h2-5H,1H3,(H,15,16,17). The Kier molecular flexibility index (Phi) is 3.65. The van der Waals surface area contributed by atoms with E-state index in [0.717, 1.165) is 0 Å². The molecule has 2 rings (SSSR count). The predicted molar refractivity (Wildman–Crippen MR) is 65.1 cm³/mol. The highest BCUT2D eigenvalue weighted by molar-refractivity contribution is 9.10. The van der Waals surface area contributed by atoms with E-state index in [1.807, 2.05) is 0 Å². The largest absolute Gasteiger partial charge is 0.573 e. The number of aromatic nitrogens is 3. The first-order chi connectivity index (χ1) is 8.83.